The number of aliphatic hydroxyl groups excluding tert-OH is 1. The van der Waals surface area contributed by atoms with Crippen molar-refractivity contribution in [2.75, 3.05) is 23.8 Å². The largest absolute Gasteiger partial charge is 0.395 e. The number of nitrogens with one attached hydrogen (secondary N) is 2. The molecule has 0 atom stereocenters. The smallest absolute Gasteiger partial charge is 0.166 e. The number of hydrogen-bond donors (Lipinski definition) is 3. The summed E-state index contributed by atoms with van der Waals surface area (Å²) < 4.78 is 2.03. The minimum atomic E-state index is 0.0219. The maximum absolute atomic E-state index is 9.11. The Morgan fingerprint density at radius 3 is 2.61 bits per heavy atom. The number of aliphatic hydroxyl groups is 1. The predicted molar refractivity (Wildman–Crippen MR) is 139 cm³/mol. The first-order chi connectivity index (χ1) is 17.6. The van der Waals surface area contributed by atoms with E-state index in [0.29, 0.717) is 36.1 Å². The first-order valence-electron chi connectivity index (χ1n) is 11.8. The van der Waals surface area contributed by atoms with Crippen LogP contribution in [0.3, 0.4) is 0 Å². The fourth-order valence-corrected chi connectivity index (χ4v) is 3.80. The lowest BCUT2D eigenvalue weighted by molar-refractivity contribution is 0.311. The quantitative estimate of drug-likeness (QED) is 0.287. The minimum absolute atomic E-state index is 0.0219. The second kappa shape index (κ2) is 10.4. The predicted octanol–water partition coefficient (Wildman–Crippen LogP) is 3.94. The second-order valence-corrected chi connectivity index (χ2v) is 8.54. The summed E-state index contributed by atoms with van der Waals surface area (Å²) in [5.41, 5.74) is 5.14. The van der Waals surface area contributed by atoms with E-state index in [-0.39, 0.29) is 12.6 Å². The summed E-state index contributed by atoms with van der Waals surface area (Å²) in [6.45, 7) is 5.15. The van der Waals surface area contributed by atoms with E-state index in [1.54, 1.807) is 24.9 Å². The molecule has 0 aliphatic rings. The third kappa shape index (κ3) is 4.98. The maximum atomic E-state index is 9.11. The fraction of sp³-hybridized carbons (Fsp3) is 0.231. The van der Waals surface area contributed by atoms with Gasteiger partial charge in [-0.05, 0) is 49.7 Å². The Balaban J connectivity index is 1.45. The third-order valence-corrected chi connectivity index (χ3v) is 5.66. The van der Waals surface area contributed by atoms with Crippen LogP contribution in [0, 0.1) is 0 Å². The average molecular weight is 482 g/mol. The number of rotatable bonds is 9. The minimum Gasteiger partial charge on any atom is -0.395 e. The molecule has 5 heterocycles. The van der Waals surface area contributed by atoms with E-state index in [0.717, 1.165) is 28.0 Å². The highest BCUT2D eigenvalue weighted by Crippen LogP contribution is 2.27. The van der Waals surface area contributed by atoms with Crippen LogP contribution in [0.2, 0.25) is 0 Å². The van der Waals surface area contributed by atoms with Crippen LogP contribution in [-0.2, 0) is 6.54 Å². The first-order valence-corrected chi connectivity index (χ1v) is 11.8. The molecule has 10 nitrogen and oxygen atoms in total. The Morgan fingerprint density at radius 1 is 0.944 bits per heavy atom. The Hall–Kier alpha value is -4.44. The summed E-state index contributed by atoms with van der Waals surface area (Å²) in [4.78, 5) is 27.3. The molecule has 3 N–H and O–H groups in total. The van der Waals surface area contributed by atoms with E-state index in [1.807, 2.05) is 47.2 Å². The van der Waals surface area contributed by atoms with Crippen molar-refractivity contribution in [1.82, 2.24) is 34.5 Å². The zero-order chi connectivity index (χ0) is 24.9. The van der Waals surface area contributed by atoms with Gasteiger partial charge in [0.05, 0.1) is 18.6 Å². The van der Waals surface area contributed by atoms with Crippen molar-refractivity contribution in [1.29, 1.82) is 0 Å². The van der Waals surface area contributed by atoms with Gasteiger partial charge < -0.3 is 20.3 Å². The van der Waals surface area contributed by atoms with Gasteiger partial charge in [-0.1, -0.05) is 6.07 Å². The molecule has 0 radical (unpaired) electrons. The molecule has 0 saturated heterocycles. The summed E-state index contributed by atoms with van der Waals surface area (Å²) in [7, 11) is 0. The van der Waals surface area contributed by atoms with E-state index in [1.165, 1.54) is 0 Å². The van der Waals surface area contributed by atoms with Gasteiger partial charge in [-0.2, -0.15) is 0 Å². The number of pyridine rings is 3. The molecule has 0 fully saturated rings. The summed E-state index contributed by atoms with van der Waals surface area (Å²) >= 11 is 0. The molecule has 5 aromatic heterocycles. The highest BCUT2D eigenvalue weighted by molar-refractivity contribution is 5.85. The highest BCUT2D eigenvalue weighted by atomic mass is 16.3. The van der Waals surface area contributed by atoms with E-state index < -0.39 is 0 Å². The molecule has 10 heteroatoms. The number of nitrogens with zero attached hydrogens (tertiary/aromatic N) is 7. The molecule has 0 spiro atoms. The van der Waals surface area contributed by atoms with Crippen LogP contribution in [-0.4, -0.2) is 52.7 Å². The molecule has 5 aromatic rings. The Bertz CT molecular complexity index is 1450. The molecule has 0 aliphatic carbocycles. The van der Waals surface area contributed by atoms with Gasteiger partial charge in [-0.3, -0.25) is 9.97 Å². The molecule has 0 saturated carbocycles. The summed E-state index contributed by atoms with van der Waals surface area (Å²) in [5.74, 6) is 1.86. The Labute approximate surface area is 208 Å². The standard InChI is InChI=1S/C26H27N9O/c1-17(2)35-16-32-23-25(31-14-18-5-6-21(30-13-18)20-4-3-8-27-15-20)33-24(34-26(23)35)19-7-9-28-22(12-19)29-10-11-36/h3-9,12-13,15-17,36H,10-11,14H2,1-2H3,(H,28,29)(H,31,33,34). The number of imidazole rings is 1. The van der Waals surface area contributed by atoms with Crippen LogP contribution in [0.15, 0.2) is 67.5 Å². The van der Waals surface area contributed by atoms with Crippen molar-refractivity contribution in [2.45, 2.75) is 26.4 Å². The number of anilines is 2. The molecular weight excluding hydrogens is 454 g/mol. The van der Waals surface area contributed by atoms with Gasteiger partial charge in [0.2, 0.25) is 0 Å². The van der Waals surface area contributed by atoms with Crippen LogP contribution in [0.5, 0.6) is 0 Å². The van der Waals surface area contributed by atoms with Crippen LogP contribution >= 0.6 is 0 Å². The maximum Gasteiger partial charge on any atom is 0.166 e. The third-order valence-electron chi connectivity index (χ3n) is 5.66. The molecule has 0 aliphatic heterocycles. The zero-order valence-corrected chi connectivity index (χ0v) is 20.1. The molecule has 36 heavy (non-hydrogen) atoms. The van der Waals surface area contributed by atoms with Gasteiger partial charge in [0.1, 0.15) is 11.3 Å². The summed E-state index contributed by atoms with van der Waals surface area (Å²) in [5, 5.41) is 15.6. The average Bonchev–Trinajstić information content (AvgIpc) is 3.36. The molecule has 0 aromatic carbocycles. The summed E-state index contributed by atoms with van der Waals surface area (Å²) in [6, 6.07) is 11.8. The van der Waals surface area contributed by atoms with E-state index in [9.17, 15) is 0 Å². The van der Waals surface area contributed by atoms with E-state index in [4.69, 9.17) is 15.1 Å². The first kappa shape index (κ1) is 23.3. The van der Waals surface area contributed by atoms with Crippen LogP contribution in [0.4, 0.5) is 11.6 Å². The molecule has 182 valence electrons. The normalized spacial score (nSPS) is 11.2. The lowest BCUT2D eigenvalue weighted by Gasteiger charge is -2.12. The SMILES string of the molecule is CC(C)n1cnc2c(NCc3ccc(-c4cccnc4)nc3)nc(-c3ccnc(NCCO)c3)nc21. The van der Waals surface area contributed by atoms with Gasteiger partial charge >= 0.3 is 0 Å². The van der Waals surface area contributed by atoms with Gasteiger partial charge in [0.15, 0.2) is 17.3 Å². The van der Waals surface area contributed by atoms with E-state index >= 15 is 0 Å². The Kier molecular flexibility index (Phi) is 6.76. The van der Waals surface area contributed by atoms with Crippen molar-refractivity contribution in [2.24, 2.45) is 0 Å². The van der Waals surface area contributed by atoms with E-state index in [2.05, 4.69) is 44.4 Å². The highest BCUT2D eigenvalue weighted by Gasteiger charge is 2.16. The number of hydrogen-bond acceptors (Lipinski definition) is 9. The summed E-state index contributed by atoms with van der Waals surface area (Å²) in [6.07, 6.45) is 8.89. The van der Waals surface area contributed by atoms with Crippen molar-refractivity contribution in [3.63, 3.8) is 0 Å². The second-order valence-electron chi connectivity index (χ2n) is 8.54. The zero-order valence-electron chi connectivity index (χ0n) is 20.1. The van der Waals surface area contributed by atoms with Gasteiger partial charge in [0.25, 0.3) is 0 Å². The van der Waals surface area contributed by atoms with Crippen molar-refractivity contribution < 1.29 is 5.11 Å². The van der Waals surface area contributed by atoms with Gasteiger partial charge in [-0.25, -0.2) is 19.9 Å². The lowest BCUT2D eigenvalue weighted by Crippen LogP contribution is -2.08. The Morgan fingerprint density at radius 2 is 1.86 bits per heavy atom. The van der Waals surface area contributed by atoms with Crippen LogP contribution in [0.25, 0.3) is 33.8 Å². The monoisotopic (exact) mass is 481 g/mol. The van der Waals surface area contributed by atoms with Crippen molar-refractivity contribution >= 4 is 22.8 Å². The molecule has 0 bridgehead atoms. The molecule has 5 rings (SSSR count). The number of fused-ring (bicyclic) bond motifs is 1. The molecule has 0 amide bonds. The lowest BCUT2D eigenvalue weighted by atomic mass is 10.1. The van der Waals surface area contributed by atoms with Crippen LogP contribution < -0.4 is 10.6 Å². The van der Waals surface area contributed by atoms with Crippen LogP contribution in [0.1, 0.15) is 25.5 Å². The van der Waals surface area contributed by atoms with Gasteiger partial charge in [0, 0.05) is 55.0 Å². The molecular formula is C26H27N9O. The van der Waals surface area contributed by atoms with Gasteiger partial charge in [-0.15, -0.1) is 0 Å². The van der Waals surface area contributed by atoms with Crippen molar-refractivity contribution in [3.05, 3.63) is 73.1 Å². The number of aromatic nitrogens is 7. The van der Waals surface area contributed by atoms with Crippen molar-refractivity contribution in [3.8, 4) is 22.6 Å². The topological polar surface area (TPSA) is 127 Å². The molecule has 0 unspecified atom stereocenters. The fourth-order valence-electron chi connectivity index (χ4n) is 3.80.